The fraction of sp³-hybridized carbons (Fsp3) is 1.00. The van der Waals surface area contributed by atoms with Crippen molar-refractivity contribution >= 4 is 0 Å². The van der Waals surface area contributed by atoms with Gasteiger partial charge in [-0.25, -0.2) is 0 Å². The average molecular weight is 228 g/mol. The molecule has 0 aromatic heterocycles. The molecule has 0 aromatic rings. The van der Waals surface area contributed by atoms with Gasteiger partial charge < -0.3 is 15.0 Å². The normalized spacial score (nSPS) is 26.2. The van der Waals surface area contributed by atoms with Gasteiger partial charge >= 0.3 is 0 Å². The Morgan fingerprint density at radius 2 is 2.06 bits per heavy atom. The topological polar surface area (TPSA) is 24.5 Å². The molecular formula is C13H28N2O. The fourth-order valence-electron chi connectivity index (χ4n) is 2.74. The minimum Gasteiger partial charge on any atom is -0.383 e. The maximum Gasteiger partial charge on any atom is 0.0589 e. The Balaban J connectivity index is 2.35. The Kier molecular flexibility index (Phi) is 7.01. The van der Waals surface area contributed by atoms with Crippen molar-refractivity contribution < 1.29 is 4.74 Å². The van der Waals surface area contributed by atoms with Crippen molar-refractivity contribution in [2.24, 2.45) is 5.92 Å². The van der Waals surface area contributed by atoms with E-state index in [1.54, 1.807) is 7.11 Å². The molecule has 16 heavy (non-hydrogen) atoms. The predicted octanol–water partition coefficient (Wildman–Crippen LogP) is 1.73. The van der Waals surface area contributed by atoms with Gasteiger partial charge in [0.25, 0.3) is 0 Å². The van der Waals surface area contributed by atoms with Crippen LogP contribution >= 0.6 is 0 Å². The van der Waals surface area contributed by atoms with Gasteiger partial charge in [0.05, 0.1) is 6.61 Å². The molecule has 0 radical (unpaired) electrons. The highest BCUT2D eigenvalue weighted by Gasteiger charge is 2.24. The van der Waals surface area contributed by atoms with Crippen molar-refractivity contribution in [1.82, 2.24) is 10.2 Å². The molecule has 1 aliphatic rings. The van der Waals surface area contributed by atoms with Gasteiger partial charge in [0.1, 0.15) is 0 Å². The summed E-state index contributed by atoms with van der Waals surface area (Å²) in [6, 6.07) is 0.727. The second kappa shape index (κ2) is 8.04. The van der Waals surface area contributed by atoms with Crippen LogP contribution in [0.4, 0.5) is 0 Å². The van der Waals surface area contributed by atoms with Crippen molar-refractivity contribution in [2.45, 2.75) is 38.6 Å². The van der Waals surface area contributed by atoms with E-state index in [1.165, 1.54) is 32.2 Å². The minimum atomic E-state index is 0.727. The standard InChI is InChI=1S/C13H28N2O/c1-4-15(9-10-16-3)11-12-7-5-6-8-13(12)14-2/h12-14H,4-11H2,1-3H3. The summed E-state index contributed by atoms with van der Waals surface area (Å²) in [6.07, 6.45) is 5.54. The smallest absolute Gasteiger partial charge is 0.0589 e. The van der Waals surface area contributed by atoms with Crippen LogP contribution in [0.3, 0.4) is 0 Å². The summed E-state index contributed by atoms with van der Waals surface area (Å²) in [4.78, 5) is 2.52. The lowest BCUT2D eigenvalue weighted by Crippen LogP contribution is -2.43. The first-order chi connectivity index (χ1) is 7.81. The van der Waals surface area contributed by atoms with Crippen LogP contribution in [0.25, 0.3) is 0 Å². The first-order valence-corrected chi connectivity index (χ1v) is 6.70. The molecule has 1 N–H and O–H groups in total. The van der Waals surface area contributed by atoms with E-state index in [4.69, 9.17) is 4.74 Å². The average Bonchev–Trinajstić information content (AvgIpc) is 2.34. The Hall–Kier alpha value is -0.120. The molecule has 1 saturated carbocycles. The van der Waals surface area contributed by atoms with E-state index in [0.29, 0.717) is 0 Å². The molecule has 2 unspecified atom stereocenters. The van der Waals surface area contributed by atoms with Gasteiger partial charge in [-0.15, -0.1) is 0 Å². The third-order valence-corrected chi connectivity index (χ3v) is 3.83. The van der Waals surface area contributed by atoms with Crippen LogP contribution in [0.1, 0.15) is 32.6 Å². The van der Waals surface area contributed by atoms with Gasteiger partial charge in [-0.1, -0.05) is 19.8 Å². The zero-order chi connectivity index (χ0) is 11.8. The number of methoxy groups -OCH3 is 1. The van der Waals surface area contributed by atoms with Crippen LogP contribution in [0.5, 0.6) is 0 Å². The molecule has 0 amide bonds. The first-order valence-electron chi connectivity index (χ1n) is 6.70. The maximum absolute atomic E-state index is 5.16. The van der Waals surface area contributed by atoms with Gasteiger partial charge in [0.2, 0.25) is 0 Å². The Morgan fingerprint density at radius 1 is 1.31 bits per heavy atom. The number of nitrogens with zero attached hydrogens (tertiary/aromatic N) is 1. The molecule has 1 aliphatic carbocycles. The molecule has 3 nitrogen and oxygen atoms in total. The summed E-state index contributed by atoms with van der Waals surface area (Å²) < 4.78 is 5.16. The van der Waals surface area contributed by atoms with E-state index in [-0.39, 0.29) is 0 Å². The molecule has 1 fully saturated rings. The molecule has 0 bridgehead atoms. The highest BCUT2D eigenvalue weighted by molar-refractivity contribution is 4.82. The lowest BCUT2D eigenvalue weighted by Gasteiger charge is -2.35. The number of hydrogen-bond donors (Lipinski definition) is 1. The molecule has 0 aliphatic heterocycles. The summed E-state index contributed by atoms with van der Waals surface area (Å²) >= 11 is 0. The fourth-order valence-corrected chi connectivity index (χ4v) is 2.74. The first kappa shape index (κ1) is 13.9. The van der Waals surface area contributed by atoms with Crippen LogP contribution < -0.4 is 5.32 Å². The lowest BCUT2D eigenvalue weighted by atomic mass is 9.84. The molecule has 0 aromatic carbocycles. The minimum absolute atomic E-state index is 0.727. The SMILES string of the molecule is CCN(CCOC)CC1CCCCC1NC. The van der Waals surface area contributed by atoms with E-state index < -0.39 is 0 Å². The van der Waals surface area contributed by atoms with Crippen molar-refractivity contribution in [3.8, 4) is 0 Å². The molecule has 3 heteroatoms. The summed E-state index contributed by atoms with van der Waals surface area (Å²) in [5.41, 5.74) is 0. The quantitative estimate of drug-likeness (QED) is 0.718. The van der Waals surface area contributed by atoms with Crippen molar-refractivity contribution in [1.29, 1.82) is 0 Å². The molecule has 2 atom stereocenters. The second-order valence-corrected chi connectivity index (χ2v) is 4.83. The van der Waals surface area contributed by atoms with Gasteiger partial charge in [0.15, 0.2) is 0 Å². The second-order valence-electron chi connectivity index (χ2n) is 4.83. The molecule has 0 saturated heterocycles. The third-order valence-electron chi connectivity index (χ3n) is 3.83. The van der Waals surface area contributed by atoms with Gasteiger partial charge in [-0.2, -0.15) is 0 Å². The zero-order valence-electron chi connectivity index (χ0n) is 11.2. The van der Waals surface area contributed by atoms with E-state index >= 15 is 0 Å². The van der Waals surface area contributed by atoms with Crippen LogP contribution in [0.15, 0.2) is 0 Å². The lowest BCUT2D eigenvalue weighted by molar-refractivity contribution is 0.123. The number of hydrogen-bond acceptors (Lipinski definition) is 3. The molecule has 0 heterocycles. The van der Waals surface area contributed by atoms with Crippen molar-refractivity contribution in [3.05, 3.63) is 0 Å². The van der Waals surface area contributed by atoms with Gasteiger partial charge in [-0.05, 0) is 32.4 Å². The molecule has 96 valence electrons. The Bertz CT molecular complexity index is 175. The summed E-state index contributed by atoms with van der Waals surface area (Å²) in [5.74, 6) is 0.829. The summed E-state index contributed by atoms with van der Waals surface area (Å²) in [7, 11) is 3.89. The number of ether oxygens (including phenoxy) is 1. The molecular weight excluding hydrogens is 200 g/mol. The third kappa shape index (κ3) is 4.40. The van der Waals surface area contributed by atoms with E-state index in [2.05, 4.69) is 24.2 Å². The Labute approximate surface area is 101 Å². The number of rotatable bonds is 7. The highest BCUT2D eigenvalue weighted by Crippen LogP contribution is 2.24. The van der Waals surface area contributed by atoms with Gasteiger partial charge in [-0.3, -0.25) is 0 Å². The monoisotopic (exact) mass is 228 g/mol. The highest BCUT2D eigenvalue weighted by atomic mass is 16.5. The van der Waals surface area contributed by atoms with Crippen LogP contribution in [-0.4, -0.2) is 51.3 Å². The van der Waals surface area contributed by atoms with E-state index in [1.807, 2.05) is 0 Å². The number of likely N-dealkylation sites (N-methyl/N-ethyl adjacent to an activating group) is 1. The zero-order valence-corrected chi connectivity index (χ0v) is 11.2. The Morgan fingerprint density at radius 3 is 2.69 bits per heavy atom. The maximum atomic E-state index is 5.16. The van der Waals surface area contributed by atoms with Gasteiger partial charge in [0, 0.05) is 26.2 Å². The van der Waals surface area contributed by atoms with Crippen LogP contribution in [0, 0.1) is 5.92 Å². The summed E-state index contributed by atoms with van der Waals surface area (Å²) in [6.45, 7) is 6.53. The van der Waals surface area contributed by atoms with Crippen molar-refractivity contribution in [3.63, 3.8) is 0 Å². The van der Waals surface area contributed by atoms with E-state index in [0.717, 1.165) is 31.7 Å². The van der Waals surface area contributed by atoms with Crippen molar-refractivity contribution in [2.75, 3.05) is 40.4 Å². The number of nitrogens with one attached hydrogen (secondary N) is 1. The molecule has 1 rings (SSSR count). The van der Waals surface area contributed by atoms with Crippen LogP contribution in [0.2, 0.25) is 0 Å². The molecule has 0 spiro atoms. The van der Waals surface area contributed by atoms with Crippen LogP contribution in [-0.2, 0) is 4.74 Å². The van der Waals surface area contributed by atoms with E-state index in [9.17, 15) is 0 Å². The largest absolute Gasteiger partial charge is 0.383 e. The summed E-state index contributed by atoms with van der Waals surface area (Å²) in [5, 5.41) is 3.48. The predicted molar refractivity (Wildman–Crippen MR) is 68.8 cm³/mol.